The maximum absolute atomic E-state index is 12.4. The minimum absolute atomic E-state index is 0.0828. The van der Waals surface area contributed by atoms with Crippen LogP contribution in [0.4, 0.5) is 5.69 Å². The number of benzene rings is 2. The number of hydrogen-bond acceptors (Lipinski definition) is 3. The average Bonchev–Trinajstić information content (AvgIpc) is 2.54. The lowest BCUT2D eigenvalue weighted by Gasteiger charge is -2.18. The van der Waals surface area contributed by atoms with Crippen LogP contribution in [0.2, 0.25) is 10.0 Å². The predicted molar refractivity (Wildman–Crippen MR) is 100 cm³/mol. The molecular formula is C17H16Cl2N2O2S. The zero-order chi connectivity index (χ0) is 17.7. The van der Waals surface area contributed by atoms with Gasteiger partial charge in [-0.05, 0) is 36.6 Å². The van der Waals surface area contributed by atoms with Gasteiger partial charge in [0.2, 0.25) is 5.91 Å². The zero-order valence-electron chi connectivity index (χ0n) is 13.2. The number of thioether (sulfide) groups is 1. The van der Waals surface area contributed by atoms with Crippen LogP contribution in [-0.2, 0) is 4.79 Å². The second kappa shape index (κ2) is 8.42. The third-order valence-corrected chi connectivity index (χ3v) is 4.61. The number of nitrogens with one attached hydrogen (secondary N) is 1. The largest absolute Gasteiger partial charge is 0.332 e. The molecule has 2 rings (SSSR count). The van der Waals surface area contributed by atoms with Crippen molar-refractivity contribution in [3.05, 3.63) is 58.1 Å². The Labute approximate surface area is 155 Å². The van der Waals surface area contributed by atoms with Gasteiger partial charge in [0.25, 0.3) is 5.91 Å². The molecule has 4 nitrogen and oxygen atoms in total. The van der Waals surface area contributed by atoms with E-state index in [0.717, 1.165) is 10.6 Å². The Kier molecular flexibility index (Phi) is 6.54. The van der Waals surface area contributed by atoms with Gasteiger partial charge >= 0.3 is 0 Å². The molecule has 0 aromatic heterocycles. The van der Waals surface area contributed by atoms with Gasteiger partial charge in [-0.2, -0.15) is 0 Å². The third-order valence-electron chi connectivity index (χ3n) is 3.27. The fraction of sp³-hybridized carbons (Fsp3) is 0.176. The Morgan fingerprint density at radius 2 is 1.88 bits per heavy atom. The van der Waals surface area contributed by atoms with Gasteiger partial charge in [-0.25, -0.2) is 0 Å². The van der Waals surface area contributed by atoms with Crippen LogP contribution >= 0.6 is 35.0 Å². The standard InChI is InChI=1S/C17H16Cl2N2O2S/c1-21(17(23)12-8-7-11(18)9-13(12)19)10-16(22)20-14-5-3-4-6-15(14)24-2/h3-9H,10H2,1-2H3,(H,20,22). The number of carbonyl (C=O) groups excluding carboxylic acids is 2. The van der Waals surface area contributed by atoms with E-state index in [0.29, 0.717) is 10.6 Å². The molecule has 0 fully saturated rings. The number of hydrogen-bond donors (Lipinski definition) is 1. The van der Waals surface area contributed by atoms with E-state index in [9.17, 15) is 9.59 Å². The molecule has 0 saturated heterocycles. The Morgan fingerprint density at radius 3 is 2.54 bits per heavy atom. The maximum Gasteiger partial charge on any atom is 0.255 e. The molecule has 0 aliphatic carbocycles. The number of halogens is 2. The number of likely N-dealkylation sites (N-methyl/N-ethyl adjacent to an activating group) is 1. The lowest BCUT2D eigenvalue weighted by atomic mass is 10.2. The minimum Gasteiger partial charge on any atom is -0.332 e. The monoisotopic (exact) mass is 382 g/mol. The molecule has 0 saturated carbocycles. The molecule has 1 N–H and O–H groups in total. The molecule has 126 valence electrons. The van der Waals surface area contributed by atoms with Crippen LogP contribution in [0.1, 0.15) is 10.4 Å². The van der Waals surface area contributed by atoms with E-state index in [-0.39, 0.29) is 23.4 Å². The molecule has 0 aliphatic heterocycles. The van der Waals surface area contributed by atoms with Crippen molar-refractivity contribution in [1.29, 1.82) is 0 Å². The summed E-state index contributed by atoms with van der Waals surface area (Å²) >= 11 is 13.4. The van der Waals surface area contributed by atoms with Crippen molar-refractivity contribution in [2.45, 2.75) is 4.90 Å². The number of para-hydroxylation sites is 1. The van der Waals surface area contributed by atoms with Gasteiger partial charge in [0.15, 0.2) is 0 Å². The first-order valence-electron chi connectivity index (χ1n) is 7.05. The summed E-state index contributed by atoms with van der Waals surface area (Å²) in [5.41, 5.74) is 1.03. The van der Waals surface area contributed by atoms with Gasteiger partial charge in [-0.1, -0.05) is 35.3 Å². The molecule has 0 atom stereocenters. The summed E-state index contributed by atoms with van der Waals surface area (Å²) in [6, 6.07) is 12.1. The fourth-order valence-electron chi connectivity index (χ4n) is 2.09. The lowest BCUT2D eigenvalue weighted by molar-refractivity contribution is -0.116. The van der Waals surface area contributed by atoms with Crippen molar-refractivity contribution in [2.75, 3.05) is 25.2 Å². The SMILES string of the molecule is CSc1ccccc1NC(=O)CN(C)C(=O)c1ccc(Cl)cc1Cl. The van der Waals surface area contributed by atoms with Gasteiger partial charge in [0.05, 0.1) is 22.8 Å². The molecule has 24 heavy (non-hydrogen) atoms. The van der Waals surface area contributed by atoms with Crippen LogP contribution in [0.5, 0.6) is 0 Å². The molecule has 0 spiro atoms. The van der Waals surface area contributed by atoms with Crippen LogP contribution in [0.3, 0.4) is 0 Å². The van der Waals surface area contributed by atoms with Crippen molar-refractivity contribution >= 4 is 52.5 Å². The van der Waals surface area contributed by atoms with Crippen LogP contribution in [0.15, 0.2) is 47.4 Å². The molecular weight excluding hydrogens is 367 g/mol. The van der Waals surface area contributed by atoms with E-state index in [1.54, 1.807) is 19.2 Å². The summed E-state index contributed by atoms with van der Waals surface area (Å²) < 4.78 is 0. The summed E-state index contributed by atoms with van der Waals surface area (Å²) in [7, 11) is 1.55. The molecule has 0 aliphatic rings. The topological polar surface area (TPSA) is 49.4 Å². The van der Waals surface area contributed by atoms with Crippen molar-refractivity contribution in [3.8, 4) is 0 Å². The van der Waals surface area contributed by atoms with E-state index in [4.69, 9.17) is 23.2 Å². The molecule has 7 heteroatoms. The fourth-order valence-corrected chi connectivity index (χ4v) is 3.14. The van der Waals surface area contributed by atoms with E-state index in [1.807, 2.05) is 30.5 Å². The maximum atomic E-state index is 12.4. The van der Waals surface area contributed by atoms with Crippen molar-refractivity contribution < 1.29 is 9.59 Å². The second-order valence-corrected chi connectivity index (χ2v) is 6.73. The third kappa shape index (κ3) is 4.66. The predicted octanol–water partition coefficient (Wildman–Crippen LogP) is 4.43. The summed E-state index contributed by atoms with van der Waals surface area (Å²) in [4.78, 5) is 26.9. The lowest BCUT2D eigenvalue weighted by Crippen LogP contribution is -2.35. The molecule has 2 amide bonds. The highest BCUT2D eigenvalue weighted by atomic mass is 35.5. The first kappa shape index (κ1) is 18.6. The summed E-state index contributed by atoms with van der Waals surface area (Å²) in [6.07, 6.45) is 1.93. The summed E-state index contributed by atoms with van der Waals surface area (Å²) in [5.74, 6) is -0.623. The van der Waals surface area contributed by atoms with Crippen LogP contribution in [0, 0.1) is 0 Å². The Morgan fingerprint density at radius 1 is 1.17 bits per heavy atom. The van der Waals surface area contributed by atoms with E-state index in [1.165, 1.54) is 22.7 Å². The Hall–Kier alpha value is -1.69. The van der Waals surface area contributed by atoms with Crippen LogP contribution in [-0.4, -0.2) is 36.6 Å². The first-order chi connectivity index (χ1) is 11.4. The van der Waals surface area contributed by atoms with Crippen LogP contribution < -0.4 is 5.32 Å². The molecule has 0 bridgehead atoms. The van der Waals surface area contributed by atoms with E-state index in [2.05, 4.69) is 5.32 Å². The van der Waals surface area contributed by atoms with Gasteiger partial charge in [-0.15, -0.1) is 11.8 Å². The quantitative estimate of drug-likeness (QED) is 0.778. The number of anilines is 1. The van der Waals surface area contributed by atoms with Crippen molar-refractivity contribution in [3.63, 3.8) is 0 Å². The Bertz CT molecular complexity index is 768. The van der Waals surface area contributed by atoms with E-state index < -0.39 is 0 Å². The summed E-state index contributed by atoms with van der Waals surface area (Å²) in [6.45, 7) is -0.0828. The van der Waals surface area contributed by atoms with Crippen LogP contribution in [0.25, 0.3) is 0 Å². The normalized spacial score (nSPS) is 10.3. The zero-order valence-corrected chi connectivity index (χ0v) is 15.5. The molecule has 0 radical (unpaired) electrons. The van der Waals surface area contributed by atoms with Gasteiger partial charge in [0.1, 0.15) is 0 Å². The highest BCUT2D eigenvalue weighted by Crippen LogP contribution is 2.25. The highest BCUT2D eigenvalue weighted by Gasteiger charge is 2.18. The molecule has 0 unspecified atom stereocenters. The summed E-state index contributed by atoms with van der Waals surface area (Å²) in [5, 5.41) is 3.52. The Balaban J connectivity index is 2.04. The van der Waals surface area contributed by atoms with Gasteiger partial charge in [0, 0.05) is 17.0 Å². The first-order valence-corrected chi connectivity index (χ1v) is 9.04. The smallest absolute Gasteiger partial charge is 0.255 e. The average molecular weight is 383 g/mol. The molecule has 2 aromatic carbocycles. The van der Waals surface area contributed by atoms with Gasteiger partial charge in [-0.3, -0.25) is 9.59 Å². The van der Waals surface area contributed by atoms with E-state index >= 15 is 0 Å². The molecule has 0 heterocycles. The van der Waals surface area contributed by atoms with Crippen molar-refractivity contribution in [1.82, 2.24) is 4.90 Å². The second-order valence-electron chi connectivity index (χ2n) is 5.03. The number of nitrogens with zero attached hydrogens (tertiary/aromatic N) is 1. The number of carbonyl (C=O) groups is 2. The minimum atomic E-state index is -0.343. The molecule has 2 aromatic rings. The van der Waals surface area contributed by atoms with Gasteiger partial charge < -0.3 is 10.2 Å². The number of amides is 2. The van der Waals surface area contributed by atoms with Crippen molar-refractivity contribution in [2.24, 2.45) is 0 Å². The highest BCUT2D eigenvalue weighted by molar-refractivity contribution is 7.98. The number of rotatable bonds is 5.